The number of esters is 1. The summed E-state index contributed by atoms with van der Waals surface area (Å²) in [5.41, 5.74) is 1.01. The van der Waals surface area contributed by atoms with Crippen LogP contribution < -0.4 is 0 Å². The molecule has 4 nitrogen and oxygen atoms in total. The molecule has 0 N–H and O–H groups in total. The second-order valence-electron chi connectivity index (χ2n) is 3.60. The Labute approximate surface area is 97.4 Å². The van der Waals surface area contributed by atoms with Crippen LogP contribution in [0.4, 0.5) is 4.39 Å². The highest BCUT2D eigenvalue weighted by Crippen LogP contribution is 2.18. The fraction of sp³-hybridized carbons (Fsp3) is 0.250. The number of benzene rings is 1. The molecular formula is C12H11FN2O2. The second kappa shape index (κ2) is 4.45. The van der Waals surface area contributed by atoms with E-state index in [0.29, 0.717) is 11.1 Å². The summed E-state index contributed by atoms with van der Waals surface area (Å²) in [6, 6.07) is 4.34. The Morgan fingerprint density at radius 3 is 2.82 bits per heavy atom. The number of aromatic nitrogens is 2. The Morgan fingerprint density at radius 1 is 1.35 bits per heavy atom. The van der Waals surface area contributed by atoms with Gasteiger partial charge in [0.25, 0.3) is 0 Å². The number of hydrogen-bond acceptors (Lipinski definition) is 4. The molecule has 88 valence electrons. The third kappa shape index (κ3) is 2.22. The molecule has 2 rings (SSSR count). The lowest BCUT2D eigenvalue weighted by Crippen LogP contribution is -2.05. The summed E-state index contributed by atoms with van der Waals surface area (Å²) in [6.07, 6.45) is 0. The van der Waals surface area contributed by atoms with Crippen LogP contribution in [0, 0.1) is 12.7 Å². The van der Waals surface area contributed by atoms with Crippen LogP contribution in [-0.2, 0) is 4.74 Å². The lowest BCUT2D eigenvalue weighted by molar-refractivity contribution is 0.0526. The van der Waals surface area contributed by atoms with Crippen molar-refractivity contribution in [1.29, 1.82) is 0 Å². The molecule has 0 amide bonds. The molecule has 0 aliphatic rings. The average Bonchev–Trinajstić information content (AvgIpc) is 2.28. The predicted molar refractivity (Wildman–Crippen MR) is 60.2 cm³/mol. The van der Waals surface area contributed by atoms with Gasteiger partial charge >= 0.3 is 5.97 Å². The maximum Gasteiger partial charge on any atom is 0.338 e. The molecule has 0 atom stereocenters. The fourth-order valence-corrected chi connectivity index (χ4v) is 1.55. The Kier molecular flexibility index (Phi) is 2.99. The zero-order chi connectivity index (χ0) is 12.4. The van der Waals surface area contributed by atoms with Gasteiger partial charge in [0.05, 0.1) is 17.9 Å². The van der Waals surface area contributed by atoms with E-state index < -0.39 is 11.8 Å². The van der Waals surface area contributed by atoms with Gasteiger partial charge in [-0.15, -0.1) is 5.10 Å². The number of hydrogen-bond donors (Lipinski definition) is 0. The summed E-state index contributed by atoms with van der Waals surface area (Å²) in [5, 5.41) is 8.06. The summed E-state index contributed by atoms with van der Waals surface area (Å²) in [5.74, 6) is -1.11. The Bertz CT molecular complexity index is 584. The Hall–Kier alpha value is -2.04. The molecule has 5 heteroatoms. The summed E-state index contributed by atoms with van der Waals surface area (Å²) in [4.78, 5) is 11.5. The number of nitrogens with zero attached hydrogens (tertiary/aromatic N) is 2. The molecule has 0 aliphatic heterocycles. The van der Waals surface area contributed by atoms with E-state index in [2.05, 4.69) is 10.2 Å². The van der Waals surface area contributed by atoms with E-state index in [1.807, 2.05) is 0 Å². The number of rotatable bonds is 2. The van der Waals surface area contributed by atoms with Gasteiger partial charge in [-0.05, 0) is 32.0 Å². The van der Waals surface area contributed by atoms with Gasteiger partial charge in [-0.1, -0.05) is 0 Å². The maximum atomic E-state index is 13.7. The first-order valence-electron chi connectivity index (χ1n) is 5.22. The van der Waals surface area contributed by atoms with Crippen molar-refractivity contribution in [2.24, 2.45) is 0 Å². The zero-order valence-electron chi connectivity index (χ0n) is 9.53. The standard InChI is InChI=1S/C12H11FN2O2/c1-3-17-12(16)9-5-8-4-7(2)14-15-11(8)10(13)6-9/h4-6H,3H2,1-2H3. The molecule has 0 unspecified atom stereocenters. The number of ether oxygens (including phenoxy) is 1. The first kappa shape index (κ1) is 11.4. The van der Waals surface area contributed by atoms with Crippen LogP contribution in [0.1, 0.15) is 23.0 Å². The third-order valence-electron chi connectivity index (χ3n) is 2.28. The maximum absolute atomic E-state index is 13.7. The van der Waals surface area contributed by atoms with Gasteiger partial charge in [-0.3, -0.25) is 0 Å². The first-order chi connectivity index (χ1) is 8.11. The van der Waals surface area contributed by atoms with E-state index in [1.54, 1.807) is 26.0 Å². The monoisotopic (exact) mass is 234 g/mol. The van der Waals surface area contributed by atoms with Crippen LogP contribution in [0.3, 0.4) is 0 Å². The van der Waals surface area contributed by atoms with Gasteiger partial charge in [-0.2, -0.15) is 5.10 Å². The summed E-state index contributed by atoms with van der Waals surface area (Å²) in [7, 11) is 0. The molecule has 0 fully saturated rings. The molecule has 0 saturated carbocycles. The van der Waals surface area contributed by atoms with Crippen LogP contribution in [-0.4, -0.2) is 22.8 Å². The topological polar surface area (TPSA) is 52.1 Å². The van der Waals surface area contributed by atoms with Gasteiger partial charge in [0.15, 0.2) is 5.82 Å². The molecule has 0 bridgehead atoms. The van der Waals surface area contributed by atoms with Crippen LogP contribution >= 0.6 is 0 Å². The molecular weight excluding hydrogens is 223 g/mol. The smallest absolute Gasteiger partial charge is 0.338 e. The minimum absolute atomic E-state index is 0.156. The lowest BCUT2D eigenvalue weighted by atomic mass is 10.1. The van der Waals surface area contributed by atoms with Gasteiger partial charge in [0.2, 0.25) is 0 Å². The van der Waals surface area contributed by atoms with Crippen molar-refractivity contribution in [1.82, 2.24) is 10.2 Å². The van der Waals surface area contributed by atoms with E-state index in [1.165, 1.54) is 0 Å². The van der Waals surface area contributed by atoms with E-state index in [9.17, 15) is 9.18 Å². The quantitative estimate of drug-likeness (QED) is 0.748. The zero-order valence-corrected chi connectivity index (χ0v) is 9.53. The minimum Gasteiger partial charge on any atom is -0.462 e. The highest BCUT2D eigenvalue weighted by atomic mass is 19.1. The molecule has 0 spiro atoms. The average molecular weight is 234 g/mol. The highest BCUT2D eigenvalue weighted by molar-refractivity contribution is 5.94. The number of halogens is 1. The predicted octanol–water partition coefficient (Wildman–Crippen LogP) is 2.25. The van der Waals surface area contributed by atoms with Crippen molar-refractivity contribution in [3.05, 3.63) is 35.3 Å². The van der Waals surface area contributed by atoms with E-state index in [-0.39, 0.29) is 17.7 Å². The molecule has 0 radical (unpaired) electrons. The van der Waals surface area contributed by atoms with E-state index in [4.69, 9.17) is 4.74 Å². The van der Waals surface area contributed by atoms with Gasteiger partial charge in [0.1, 0.15) is 5.52 Å². The lowest BCUT2D eigenvalue weighted by Gasteiger charge is -2.04. The molecule has 1 aromatic heterocycles. The normalized spacial score (nSPS) is 10.5. The largest absolute Gasteiger partial charge is 0.462 e. The van der Waals surface area contributed by atoms with Crippen molar-refractivity contribution < 1.29 is 13.9 Å². The van der Waals surface area contributed by atoms with Gasteiger partial charge in [0, 0.05) is 5.39 Å². The van der Waals surface area contributed by atoms with Crippen LogP contribution in [0.2, 0.25) is 0 Å². The van der Waals surface area contributed by atoms with E-state index >= 15 is 0 Å². The van der Waals surface area contributed by atoms with Crippen LogP contribution in [0.25, 0.3) is 10.9 Å². The number of carbonyl (C=O) groups excluding carboxylic acids is 1. The van der Waals surface area contributed by atoms with Crippen molar-refractivity contribution in [3.63, 3.8) is 0 Å². The van der Waals surface area contributed by atoms with Crippen molar-refractivity contribution in [2.75, 3.05) is 6.61 Å². The number of carbonyl (C=O) groups is 1. The van der Waals surface area contributed by atoms with Crippen molar-refractivity contribution in [3.8, 4) is 0 Å². The second-order valence-corrected chi connectivity index (χ2v) is 3.60. The van der Waals surface area contributed by atoms with Crippen molar-refractivity contribution in [2.45, 2.75) is 13.8 Å². The van der Waals surface area contributed by atoms with Crippen molar-refractivity contribution >= 4 is 16.9 Å². The van der Waals surface area contributed by atoms with Gasteiger partial charge in [-0.25, -0.2) is 9.18 Å². The Morgan fingerprint density at radius 2 is 2.12 bits per heavy atom. The molecule has 1 heterocycles. The highest BCUT2D eigenvalue weighted by Gasteiger charge is 2.12. The fourth-order valence-electron chi connectivity index (χ4n) is 1.55. The summed E-state index contributed by atoms with van der Waals surface area (Å²) in [6.45, 7) is 3.71. The SMILES string of the molecule is CCOC(=O)c1cc(F)c2nnc(C)cc2c1. The molecule has 0 saturated heterocycles. The molecule has 17 heavy (non-hydrogen) atoms. The number of aryl methyl sites for hydroxylation is 1. The van der Waals surface area contributed by atoms with Gasteiger partial charge < -0.3 is 4.74 Å². The minimum atomic E-state index is -0.571. The number of fused-ring (bicyclic) bond motifs is 1. The Balaban J connectivity index is 2.57. The summed E-state index contributed by atoms with van der Waals surface area (Å²) < 4.78 is 18.5. The van der Waals surface area contributed by atoms with Crippen LogP contribution in [0.15, 0.2) is 18.2 Å². The molecule has 1 aromatic carbocycles. The van der Waals surface area contributed by atoms with Crippen LogP contribution in [0.5, 0.6) is 0 Å². The summed E-state index contributed by atoms with van der Waals surface area (Å²) >= 11 is 0. The molecule has 2 aromatic rings. The van der Waals surface area contributed by atoms with E-state index in [0.717, 1.165) is 6.07 Å². The first-order valence-corrected chi connectivity index (χ1v) is 5.22. The third-order valence-corrected chi connectivity index (χ3v) is 2.28. The molecule has 0 aliphatic carbocycles.